The molecule has 29 heavy (non-hydrogen) atoms. The van der Waals surface area contributed by atoms with Gasteiger partial charge in [0.2, 0.25) is 5.95 Å². The van der Waals surface area contributed by atoms with Crippen LogP contribution in [0.1, 0.15) is 34.7 Å². The Kier molecular flexibility index (Phi) is 5.82. The quantitative estimate of drug-likeness (QED) is 0.594. The van der Waals surface area contributed by atoms with E-state index in [1.165, 1.54) is 23.1 Å². The molecule has 1 amide bonds. The standard InChI is InChI=1S/C17H15BrF3N7O/c1-9(13-26-15(22-2)27-28(13)16-23-4-3-5-24-16)25-14(29)10-6-11(17(19,20)21)8-12(18)7-10/h3-9H,1-2H3,(H,22,27)(H,25,29). The van der Waals surface area contributed by atoms with Crippen LogP contribution in [0.2, 0.25) is 0 Å². The van der Waals surface area contributed by atoms with E-state index in [9.17, 15) is 18.0 Å². The first kappa shape index (κ1) is 20.7. The van der Waals surface area contributed by atoms with E-state index in [0.717, 1.165) is 12.1 Å². The number of nitrogens with one attached hydrogen (secondary N) is 2. The van der Waals surface area contributed by atoms with Gasteiger partial charge in [0.1, 0.15) is 0 Å². The van der Waals surface area contributed by atoms with E-state index in [-0.39, 0.29) is 21.9 Å². The third-order valence-electron chi connectivity index (χ3n) is 3.82. The Labute approximate surface area is 171 Å². The SMILES string of the molecule is CNc1nc(C(C)NC(=O)c2cc(Br)cc(C(F)(F)F)c2)n(-c2ncccn2)n1. The number of amides is 1. The summed E-state index contributed by atoms with van der Waals surface area (Å²) in [7, 11) is 1.62. The first-order chi connectivity index (χ1) is 13.7. The Bertz CT molecular complexity index is 1020. The fourth-order valence-electron chi connectivity index (χ4n) is 2.49. The number of nitrogens with zero attached hydrogens (tertiary/aromatic N) is 5. The lowest BCUT2D eigenvalue weighted by molar-refractivity contribution is -0.137. The molecule has 0 saturated carbocycles. The van der Waals surface area contributed by atoms with Gasteiger partial charge in [-0.25, -0.2) is 9.97 Å². The third kappa shape index (κ3) is 4.70. The summed E-state index contributed by atoms with van der Waals surface area (Å²) in [5.41, 5.74) is -1.07. The zero-order valence-corrected chi connectivity index (χ0v) is 16.8. The summed E-state index contributed by atoms with van der Waals surface area (Å²) in [4.78, 5) is 25.1. The number of benzene rings is 1. The van der Waals surface area contributed by atoms with Crippen molar-refractivity contribution in [2.24, 2.45) is 0 Å². The Morgan fingerprint density at radius 1 is 1.21 bits per heavy atom. The van der Waals surface area contributed by atoms with E-state index in [1.807, 2.05) is 0 Å². The molecule has 0 aliphatic heterocycles. The number of carbonyl (C=O) groups excluding carboxylic acids is 1. The smallest absolute Gasteiger partial charge is 0.356 e. The zero-order chi connectivity index (χ0) is 21.2. The molecular weight excluding hydrogens is 455 g/mol. The van der Waals surface area contributed by atoms with Gasteiger partial charge >= 0.3 is 6.18 Å². The Morgan fingerprint density at radius 2 is 1.90 bits per heavy atom. The van der Waals surface area contributed by atoms with Gasteiger partial charge in [0.05, 0.1) is 11.6 Å². The van der Waals surface area contributed by atoms with Crippen molar-refractivity contribution in [2.45, 2.75) is 19.1 Å². The Morgan fingerprint density at radius 3 is 2.52 bits per heavy atom. The van der Waals surface area contributed by atoms with Crippen LogP contribution in [-0.4, -0.2) is 37.7 Å². The fourth-order valence-corrected chi connectivity index (χ4v) is 2.98. The van der Waals surface area contributed by atoms with Crippen LogP contribution in [0.4, 0.5) is 19.1 Å². The highest BCUT2D eigenvalue weighted by molar-refractivity contribution is 9.10. The van der Waals surface area contributed by atoms with Crippen LogP contribution in [0, 0.1) is 0 Å². The largest absolute Gasteiger partial charge is 0.416 e. The minimum absolute atomic E-state index is 0.142. The van der Waals surface area contributed by atoms with Crippen molar-refractivity contribution in [3.8, 4) is 5.95 Å². The molecule has 0 aliphatic carbocycles. The van der Waals surface area contributed by atoms with Gasteiger partial charge in [0.25, 0.3) is 11.9 Å². The number of carbonyl (C=O) groups is 1. The monoisotopic (exact) mass is 469 g/mol. The summed E-state index contributed by atoms with van der Waals surface area (Å²) in [5, 5.41) is 9.64. The van der Waals surface area contributed by atoms with Crippen molar-refractivity contribution >= 4 is 27.8 Å². The number of halogens is 4. The summed E-state index contributed by atoms with van der Waals surface area (Å²) >= 11 is 3.01. The van der Waals surface area contributed by atoms with Gasteiger partial charge in [0.15, 0.2) is 5.82 Å². The number of rotatable bonds is 5. The molecule has 3 aromatic rings. The number of alkyl halides is 3. The van der Waals surface area contributed by atoms with Gasteiger partial charge in [-0.05, 0) is 31.2 Å². The molecule has 0 saturated heterocycles. The lowest BCUT2D eigenvalue weighted by Crippen LogP contribution is -2.29. The van der Waals surface area contributed by atoms with Gasteiger partial charge in [-0.1, -0.05) is 15.9 Å². The molecule has 8 nitrogen and oxygen atoms in total. The van der Waals surface area contributed by atoms with Crippen molar-refractivity contribution in [3.05, 3.63) is 58.1 Å². The highest BCUT2D eigenvalue weighted by Crippen LogP contribution is 2.32. The van der Waals surface area contributed by atoms with E-state index in [4.69, 9.17) is 0 Å². The van der Waals surface area contributed by atoms with Gasteiger partial charge in [-0.3, -0.25) is 4.79 Å². The predicted octanol–water partition coefficient (Wildman–Crippen LogP) is 3.37. The van der Waals surface area contributed by atoms with E-state index in [2.05, 4.69) is 46.6 Å². The number of aromatic nitrogens is 5. The van der Waals surface area contributed by atoms with Crippen LogP contribution < -0.4 is 10.6 Å². The highest BCUT2D eigenvalue weighted by Gasteiger charge is 2.32. The molecular formula is C17H15BrF3N7O. The van der Waals surface area contributed by atoms with Crippen molar-refractivity contribution in [3.63, 3.8) is 0 Å². The minimum atomic E-state index is -4.57. The molecule has 1 aromatic carbocycles. The molecule has 1 atom stereocenters. The summed E-state index contributed by atoms with van der Waals surface area (Å²) in [6, 6.07) is 3.94. The lowest BCUT2D eigenvalue weighted by Gasteiger charge is -2.15. The maximum Gasteiger partial charge on any atom is 0.416 e. The molecule has 0 bridgehead atoms. The molecule has 12 heteroatoms. The maximum atomic E-state index is 13.0. The van der Waals surface area contributed by atoms with Gasteiger partial charge in [0, 0.05) is 29.5 Å². The molecule has 0 fully saturated rings. The number of anilines is 1. The third-order valence-corrected chi connectivity index (χ3v) is 4.28. The average Bonchev–Trinajstić information content (AvgIpc) is 3.12. The van der Waals surface area contributed by atoms with Crippen LogP contribution in [-0.2, 0) is 6.18 Å². The number of hydrogen-bond acceptors (Lipinski definition) is 6. The second kappa shape index (κ2) is 8.15. The van der Waals surface area contributed by atoms with Crippen molar-refractivity contribution in [1.29, 1.82) is 0 Å². The van der Waals surface area contributed by atoms with Crippen LogP contribution in [0.5, 0.6) is 0 Å². The van der Waals surface area contributed by atoms with E-state index < -0.39 is 23.7 Å². The molecule has 152 valence electrons. The van der Waals surface area contributed by atoms with E-state index in [1.54, 1.807) is 20.0 Å². The van der Waals surface area contributed by atoms with Crippen molar-refractivity contribution < 1.29 is 18.0 Å². The van der Waals surface area contributed by atoms with Crippen molar-refractivity contribution in [1.82, 2.24) is 30.0 Å². The fraction of sp³-hybridized carbons (Fsp3) is 0.235. The van der Waals surface area contributed by atoms with Gasteiger partial charge in [-0.2, -0.15) is 22.8 Å². The van der Waals surface area contributed by atoms with Gasteiger partial charge < -0.3 is 10.6 Å². The summed E-state index contributed by atoms with van der Waals surface area (Å²) in [6.45, 7) is 1.63. The molecule has 0 radical (unpaired) electrons. The lowest BCUT2D eigenvalue weighted by atomic mass is 10.1. The highest BCUT2D eigenvalue weighted by atomic mass is 79.9. The number of hydrogen-bond donors (Lipinski definition) is 2. The maximum absolute atomic E-state index is 13.0. The Balaban J connectivity index is 1.90. The topological polar surface area (TPSA) is 97.6 Å². The van der Waals surface area contributed by atoms with Crippen LogP contribution >= 0.6 is 15.9 Å². The van der Waals surface area contributed by atoms with E-state index in [0.29, 0.717) is 5.82 Å². The molecule has 3 rings (SSSR count). The van der Waals surface area contributed by atoms with Gasteiger partial charge in [-0.15, -0.1) is 5.10 Å². The zero-order valence-electron chi connectivity index (χ0n) is 15.2. The summed E-state index contributed by atoms with van der Waals surface area (Å²) < 4.78 is 40.6. The van der Waals surface area contributed by atoms with Crippen LogP contribution in [0.3, 0.4) is 0 Å². The molecule has 0 spiro atoms. The normalized spacial score (nSPS) is 12.5. The minimum Gasteiger partial charge on any atom is -0.356 e. The molecule has 2 N–H and O–H groups in total. The van der Waals surface area contributed by atoms with Crippen LogP contribution in [0.15, 0.2) is 41.1 Å². The Hall–Kier alpha value is -3.02. The summed E-state index contributed by atoms with van der Waals surface area (Å²) in [6.07, 6.45) is -1.52. The average molecular weight is 470 g/mol. The second-order valence-electron chi connectivity index (χ2n) is 5.93. The van der Waals surface area contributed by atoms with E-state index >= 15 is 0 Å². The molecule has 2 aromatic heterocycles. The first-order valence-electron chi connectivity index (χ1n) is 8.30. The van der Waals surface area contributed by atoms with Crippen LogP contribution in [0.25, 0.3) is 5.95 Å². The van der Waals surface area contributed by atoms with Crippen molar-refractivity contribution in [2.75, 3.05) is 12.4 Å². The molecule has 2 heterocycles. The summed E-state index contributed by atoms with van der Waals surface area (Å²) in [5.74, 6) is 0.119. The molecule has 1 unspecified atom stereocenters. The molecule has 0 aliphatic rings. The predicted molar refractivity (Wildman–Crippen MR) is 102 cm³/mol. The first-order valence-corrected chi connectivity index (χ1v) is 9.09. The second-order valence-corrected chi connectivity index (χ2v) is 6.84.